The molecule has 6 rings (SSSR count). The molecule has 192 valence electrons. The second kappa shape index (κ2) is 10.2. The lowest BCUT2D eigenvalue weighted by Crippen LogP contribution is -2.24. The van der Waals surface area contributed by atoms with Gasteiger partial charge in [0.25, 0.3) is 5.91 Å². The molecule has 0 aliphatic heterocycles. The number of amides is 1. The van der Waals surface area contributed by atoms with E-state index in [4.69, 9.17) is 0 Å². The summed E-state index contributed by atoms with van der Waals surface area (Å²) in [6.45, 7) is 2.81. The Morgan fingerprint density at radius 2 is 1.72 bits per heavy atom. The molecule has 0 aliphatic rings. The fraction of sp³-hybridized carbons (Fsp3) is 0.0909. The number of carboxylic acids is 1. The van der Waals surface area contributed by atoms with E-state index in [0.29, 0.717) is 18.7 Å². The van der Waals surface area contributed by atoms with Crippen LogP contribution in [-0.4, -0.2) is 21.6 Å². The summed E-state index contributed by atoms with van der Waals surface area (Å²) in [6, 6.07) is 28.0. The third-order valence-electron chi connectivity index (χ3n) is 7.16. The van der Waals surface area contributed by atoms with Gasteiger partial charge in [-0.05, 0) is 98.7 Å². The SMILES string of the molecule is Cc1cc(C(=O)O)ccc1CNC(=O)c1cc(-c2ccsc2)cc2ccn(Cc3ccc4ccccc4c3)c12. The van der Waals surface area contributed by atoms with E-state index in [1.807, 2.05) is 36.7 Å². The first kappa shape index (κ1) is 24.6. The van der Waals surface area contributed by atoms with Gasteiger partial charge in [-0.3, -0.25) is 4.79 Å². The van der Waals surface area contributed by atoms with E-state index in [1.165, 1.54) is 10.8 Å². The van der Waals surface area contributed by atoms with E-state index >= 15 is 0 Å². The predicted molar refractivity (Wildman–Crippen MR) is 158 cm³/mol. The lowest BCUT2D eigenvalue weighted by atomic mass is 10.0. The van der Waals surface area contributed by atoms with Crippen LogP contribution >= 0.6 is 11.3 Å². The maximum Gasteiger partial charge on any atom is 0.335 e. The molecular weight excluding hydrogens is 504 g/mol. The normalized spacial score (nSPS) is 11.2. The Labute approximate surface area is 230 Å². The highest BCUT2D eigenvalue weighted by Crippen LogP contribution is 2.31. The molecule has 0 bridgehead atoms. The molecule has 0 atom stereocenters. The fourth-order valence-corrected chi connectivity index (χ4v) is 5.75. The lowest BCUT2D eigenvalue weighted by molar-refractivity contribution is 0.0696. The van der Waals surface area contributed by atoms with Gasteiger partial charge in [-0.1, -0.05) is 42.5 Å². The smallest absolute Gasteiger partial charge is 0.335 e. The molecule has 6 aromatic rings. The number of rotatable bonds is 7. The van der Waals surface area contributed by atoms with E-state index < -0.39 is 5.97 Å². The van der Waals surface area contributed by atoms with E-state index in [1.54, 1.807) is 29.5 Å². The number of thiophene rings is 1. The lowest BCUT2D eigenvalue weighted by Gasteiger charge is -2.14. The first-order chi connectivity index (χ1) is 19.0. The van der Waals surface area contributed by atoms with Crippen LogP contribution in [-0.2, 0) is 13.1 Å². The minimum Gasteiger partial charge on any atom is -0.478 e. The van der Waals surface area contributed by atoms with Crippen LogP contribution in [0.15, 0.2) is 102 Å². The largest absolute Gasteiger partial charge is 0.478 e. The minimum absolute atomic E-state index is 0.169. The third-order valence-corrected chi connectivity index (χ3v) is 7.84. The molecule has 0 saturated carbocycles. The summed E-state index contributed by atoms with van der Waals surface area (Å²) in [4.78, 5) is 25.0. The molecule has 2 N–H and O–H groups in total. The van der Waals surface area contributed by atoms with E-state index in [9.17, 15) is 14.7 Å². The van der Waals surface area contributed by atoms with Crippen molar-refractivity contribution in [3.63, 3.8) is 0 Å². The summed E-state index contributed by atoms with van der Waals surface area (Å²) in [5.74, 6) is -1.13. The Hall–Kier alpha value is -4.68. The summed E-state index contributed by atoms with van der Waals surface area (Å²) in [7, 11) is 0. The first-order valence-corrected chi connectivity index (χ1v) is 13.6. The molecule has 0 aliphatic carbocycles. The number of carboxylic acid groups (broad SMARTS) is 1. The Bertz CT molecular complexity index is 1850. The van der Waals surface area contributed by atoms with E-state index in [0.717, 1.165) is 38.7 Å². The van der Waals surface area contributed by atoms with Crippen LogP contribution in [0.3, 0.4) is 0 Å². The van der Waals surface area contributed by atoms with Crippen LogP contribution in [0.4, 0.5) is 0 Å². The van der Waals surface area contributed by atoms with Gasteiger partial charge in [-0.2, -0.15) is 11.3 Å². The van der Waals surface area contributed by atoms with Crippen molar-refractivity contribution in [3.05, 3.63) is 130 Å². The van der Waals surface area contributed by atoms with Gasteiger partial charge < -0.3 is 15.0 Å². The standard InChI is InChI=1S/C33H26N2O3S/c1-21-14-26(33(37)38)8-9-27(21)18-34-32(36)30-17-29(28-11-13-39-20-28)16-25-10-12-35(31(25)30)19-22-6-7-23-4-2-3-5-24(23)15-22/h2-17,20H,18-19H2,1H3,(H,34,36)(H,37,38). The number of aryl methyl sites for hydroxylation is 1. The minimum atomic E-state index is -0.964. The number of aromatic nitrogens is 1. The highest BCUT2D eigenvalue weighted by Gasteiger charge is 2.17. The molecule has 2 aromatic heterocycles. The molecule has 0 unspecified atom stereocenters. The van der Waals surface area contributed by atoms with Gasteiger partial charge in [-0.15, -0.1) is 0 Å². The number of nitrogens with zero attached hydrogens (tertiary/aromatic N) is 1. The number of carbonyl (C=O) groups is 2. The predicted octanol–water partition coefficient (Wildman–Crippen LogP) is 7.51. The summed E-state index contributed by atoms with van der Waals surface area (Å²) >= 11 is 1.63. The van der Waals surface area contributed by atoms with Crippen molar-refractivity contribution >= 4 is 44.9 Å². The second-order valence-corrected chi connectivity index (χ2v) is 10.5. The maximum absolute atomic E-state index is 13.7. The van der Waals surface area contributed by atoms with Crippen molar-refractivity contribution in [2.75, 3.05) is 0 Å². The van der Waals surface area contributed by atoms with Crippen molar-refractivity contribution in [2.24, 2.45) is 0 Å². The molecule has 0 fully saturated rings. The maximum atomic E-state index is 13.7. The van der Waals surface area contributed by atoms with E-state index in [-0.39, 0.29) is 11.5 Å². The van der Waals surface area contributed by atoms with Gasteiger partial charge >= 0.3 is 5.97 Å². The van der Waals surface area contributed by atoms with Crippen LogP contribution in [0.2, 0.25) is 0 Å². The summed E-state index contributed by atoms with van der Waals surface area (Å²) < 4.78 is 2.14. The van der Waals surface area contributed by atoms with Gasteiger partial charge in [0.1, 0.15) is 0 Å². The number of nitrogens with one attached hydrogen (secondary N) is 1. The number of hydrogen-bond donors (Lipinski definition) is 2. The van der Waals surface area contributed by atoms with E-state index in [2.05, 4.69) is 63.8 Å². The Balaban J connectivity index is 1.36. The van der Waals surface area contributed by atoms with Crippen molar-refractivity contribution in [3.8, 4) is 11.1 Å². The highest BCUT2D eigenvalue weighted by molar-refractivity contribution is 7.08. The number of benzene rings is 4. The summed E-state index contributed by atoms with van der Waals surface area (Å²) in [5, 5.41) is 19.9. The summed E-state index contributed by atoms with van der Waals surface area (Å²) in [5.41, 5.74) is 6.68. The molecular formula is C33H26N2O3S. The quantitative estimate of drug-likeness (QED) is 0.224. The van der Waals surface area contributed by atoms with Crippen LogP contribution < -0.4 is 5.32 Å². The van der Waals surface area contributed by atoms with Crippen molar-refractivity contribution in [1.29, 1.82) is 0 Å². The van der Waals surface area contributed by atoms with Crippen LogP contribution in [0.5, 0.6) is 0 Å². The monoisotopic (exact) mass is 530 g/mol. The van der Waals surface area contributed by atoms with Crippen LogP contribution in [0.25, 0.3) is 32.8 Å². The first-order valence-electron chi connectivity index (χ1n) is 12.7. The number of aromatic carboxylic acids is 1. The third kappa shape index (κ3) is 4.94. The Kier molecular flexibility index (Phi) is 6.47. The molecule has 6 heteroatoms. The fourth-order valence-electron chi connectivity index (χ4n) is 5.08. The Morgan fingerprint density at radius 1 is 0.872 bits per heavy atom. The second-order valence-electron chi connectivity index (χ2n) is 9.73. The molecule has 2 heterocycles. The number of carbonyl (C=O) groups excluding carboxylic acids is 1. The average Bonchev–Trinajstić information content (AvgIpc) is 3.62. The number of fused-ring (bicyclic) bond motifs is 2. The molecule has 39 heavy (non-hydrogen) atoms. The van der Waals surface area contributed by atoms with Crippen molar-refractivity contribution in [1.82, 2.24) is 9.88 Å². The number of hydrogen-bond acceptors (Lipinski definition) is 3. The van der Waals surface area contributed by atoms with Crippen LogP contribution in [0, 0.1) is 6.92 Å². The van der Waals surface area contributed by atoms with Crippen molar-refractivity contribution < 1.29 is 14.7 Å². The zero-order chi connectivity index (χ0) is 26.9. The topological polar surface area (TPSA) is 71.3 Å². The van der Waals surface area contributed by atoms with Gasteiger partial charge in [0, 0.05) is 24.7 Å². The molecule has 5 nitrogen and oxygen atoms in total. The molecule has 0 radical (unpaired) electrons. The van der Waals surface area contributed by atoms with Gasteiger partial charge in [-0.25, -0.2) is 4.79 Å². The molecule has 1 amide bonds. The summed E-state index contributed by atoms with van der Waals surface area (Å²) in [6.07, 6.45) is 2.04. The van der Waals surface area contributed by atoms with Crippen LogP contribution in [0.1, 0.15) is 37.4 Å². The Morgan fingerprint density at radius 3 is 2.49 bits per heavy atom. The zero-order valence-electron chi connectivity index (χ0n) is 21.3. The van der Waals surface area contributed by atoms with Gasteiger partial charge in [0.05, 0.1) is 16.6 Å². The van der Waals surface area contributed by atoms with Gasteiger partial charge in [0.2, 0.25) is 0 Å². The molecule has 0 saturated heterocycles. The zero-order valence-corrected chi connectivity index (χ0v) is 22.2. The molecule has 4 aromatic carbocycles. The van der Waals surface area contributed by atoms with Crippen molar-refractivity contribution in [2.45, 2.75) is 20.0 Å². The van der Waals surface area contributed by atoms with Gasteiger partial charge in [0.15, 0.2) is 0 Å². The highest BCUT2D eigenvalue weighted by atomic mass is 32.1. The average molecular weight is 531 g/mol. The molecule has 0 spiro atoms.